The number of hydrogen-bond acceptors (Lipinski definition) is 4. The highest BCUT2D eigenvalue weighted by atomic mass is 127. The normalized spacial score (nSPS) is 18.6. The second-order valence-electron chi connectivity index (χ2n) is 4.35. The van der Waals surface area contributed by atoms with Crippen molar-refractivity contribution in [2.75, 3.05) is 32.0 Å². The van der Waals surface area contributed by atoms with Crippen LogP contribution in [-0.4, -0.2) is 41.5 Å². The Kier molecular flexibility index (Phi) is 4.34. The monoisotopic (exact) mass is 332 g/mol. The molecule has 0 aromatic carbocycles. The van der Waals surface area contributed by atoms with E-state index in [4.69, 9.17) is 0 Å². The molecule has 5 heteroatoms. The van der Waals surface area contributed by atoms with Crippen LogP contribution in [0.15, 0.2) is 12.4 Å². The van der Waals surface area contributed by atoms with Crippen LogP contribution in [0.1, 0.15) is 12.8 Å². The zero-order chi connectivity index (χ0) is 11.4. The van der Waals surface area contributed by atoms with Crippen LogP contribution in [0.25, 0.3) is 0 Å². The highest BCUT2D eigenvalue weighted by Crippen LogP contribution is 2.16. The Balaban J connectivity index is 1.77. The minimum absolute atomic E-state index is 0.749. The van der Waals surface area contributed by atoms with E-state index < -0.39 is 0 Å². The molecule has 0 unspecified atom stereocenters. The van der Waals surface area contributed by atoms with E-state index >= 15 is 0 Å². The molecule has 1 aliphatic heterocycles. The smallest absolute Gasteiger partial charge is 0.222 e. The molecule has 0 aliphatic carbocycles. The Morgan fingerprint density at radius 2 is 2.00 bits per heavy atom. The molecule has 4 nitrogen and oxygen atoms in total. The number of piperidine rings is 1. The first-order chi connectivity index (χ1) is 7.74. The summed E-state index contributed by atoms with van der Waals surface area (Å²) in [7, 11) is 2.19. The van der Waals surface area contributed by atoms with Crippen LogP contribution in [-0.2, 0) is 0 Å². The Hall–Kier alpha value is -0.430. The van der Waals surface area contributed by atoms with Crippen LogP contribution in [0, 0.1) is 9.49 Å². The van der Waals surface area contributed by atoms with Gasteiger partial charge in [-0.25, -0.2) is 9.97 Å². The molecule has 1 aromatic rings. The lowest BCUT2D eigenvalue weighted by Crippen LogP contribution is -2.33. The molecule has 2 rings (SSSR count). The van der Waals surface area contributed by atoms with Gasteiger partial charge in [0.05, 0.1) is 0 Å². The summed E-state index contributed by atoms with van der Waals surface area (Å²) in [6.45, 7) is 3.41. The second-order valence-corrected chi connectivity index (χ2v) is 5.60. The van der Waals surface area contributed by atoms with Gasteiger partial charge in [0.25, 0.3) is 0 Å². The van der Waals surface area contributed by atoms with Gasteiger partial charge in [-0.3, -0.25) is 0 Å². The molecule has 88 valence electrons. The first-order valence-electron chi connectivity index (χ1n) is 5.64. The number of halogens is 1. The average molecular weight is 332 g/mol. The molecule has 0 atom stereocenters. The van der Waals surface area contributed by atoms with E-state index in [0.29, 0.717) is 0 Å². The van der Waals surface area contributed by atoms with Crippen molar-refractivity contribution in [3.05, 3.63) is 16.0 Å². The van der Waals surface area contributed by atoms with Crippen LogP contribution < -0.4 is 5.32 Å². The van der Waals surface area contributed by atoms with Crippen LogP contribution in [0.2, 0.25) is 0 Å². The molecule has 1 fully saturated rings. The van der Waals surface area contributed by atoms with E-state index in [2.05, 4.69) is 49.8 Å². The average Bonchev–Trinajstić information content (AvgIpc) is 2.30. The third-order valence-corrected chi connectivity index (χ3v) is 3.56. The fraction of sp³-hybridized carbons (Fsp3) is 0.636. The van der Waals surface area contributed by atoms with Gasteiger partial charge >= 0.3 is 0 Å². The van der Waals surface area contributed by atoms with Gasteiger partial charge in [-0.2, -0.15) is 0 Å². The van der Waals surface area contributed by atoms with Gasteiger partial charge in [-0.05, 0) is 61.5 Å². The number of anilines is 1. The number of nitrogens with one attached hydrogen (secondary N) is 1. The highest BCUT2D eigenvalue weighted by molar-refractivity contribution is 14.1. The second kappa shape index (κ2) is 5.77. The van der Waals surface area contributed by atoms with Crippen molar-refractivity contribution >= 4 is 28.5 Å². The predicted octanol–water partition coefficient (Wildman–Crippen LogP) is 1.83. The Bertz CT molecular complexity index is 319. The van der Waals surface area contributed by atoms with E-state index in [0.717, 1.165) is 22.0 Å². The molecule has 0 amide bonds. The van der Waals surface area contributed by atoms with Crippen LogP contribution in [0.4, 0.5) is 5.95 Å². The van der Waals surface area contributed by atoms with Gasteiger partial charge < -0.3 is 10.2 Å². The first-order valence-corrected chi connectivity index (χ1v) is 6.72. The van der Waals surface area contributed by atoms with Crippen molar-refractivity contribution in [3.63, 3.8) is 0 Å². The Morgan fingerprint density at radius 3 is 2.62 bits per heavy atom. The SMILES string of the molecule is CN1CCC(CNc2ncc(I)cn2)CC1. The van der Waals surface area contributed by atoms with E-state index in [1.54, 1.807) is 0 Å². The molecule has 2 heterocycles. The molecule has 1 N–H and O–H groups in total. The summed E-state index contributed by atoms with van der Waals surface area (Å²) in [5.74, 6) is 1.51. The van der Waals surface area contributed by atoms with Crippen molar-refractivity contribution < 1.29 is 0 Å². The Labute approximate surface area is 110 Å². The fourth-order valence-electron chi connectivity index (χ4n) is 1.91. The number of aromatic nitrogens is 2. The van der Waals surface area contributed by atoms with Crippen molar-refractivity contribution in [2.45, 2.75) is 12.8 Å². The maximum Gasteiger partial charge on any atom is 0.222 e. The first kappa shape index (κ1) is 12.0. The lowest BCUT2D eigenvalue weighted by atomic mass is 9.97. The van der Waals surface area contributed by atoms with Crippen molar-refractivity contribution in [1.29, 1.82) is 0 Å². The van der Waals surface area contributed by atoms with Crippen LogP contribution >= 0.6 is 22.6 Å². The van der Waals surface area contributed by atoms with Crippen LogP contribution in [0.5, 0.6) is 0 Å². The molecular formula is C11H17IN4. The quantitative estimate of drug-likeness (QED) is 0.858. The van der Waals surface area contributed by atoms with Crippen molar-refractivity contribution in [3.8, 4) is 0 Å². The maximum atomic E-state index is 4.24. The van der Waals surface area contributed by atoms with Gasteiger partial charge in [0, 0.05) is 22.5 Å². The van der Waals surface area contributed by atoms with Gasteiger partial charge in [-0.1, -0.05) is 0 Å². The minimum Gasteiger partial charge on any atom is -0.354 e. The van der Waals surface area contributed by atoms with Crippen LogP contribution in [0.3, 0.4) is 0 Å². The van der Waals surface area contributed by atoms with E-state index in [-0.39, 0.29) is 0 Å². The molecule has 0 spiro atoms. The molecule has 0 bridgehead atoms. The van der Waals surface area contributed by atoms with Gasteiger partial charge in [0.1, 0.15) is 0 Å². The molecule has 1 aliphatic rings. The van der Waals surface area contributed by atoms with E-state index in [1.807, 2.05) is 12.4 Å². The maximum absolute atomic E-state index is 4.24. The van der Waals surface area contributed by atoms with Gasteiger partial charge in [0.15, 0.2) is 0 Å². The number of likely N-dealkylation sites (tertiary alicyclic amines) is 1. The summed E-state index contributed by atoms with van der Waals surface area (Å²) < 4.78 is 1.07. The summed E-state index contributed by atoms with van der Waals surface area (Å²) in [5.41, 5.74) is 0. The van der Waals surface area contributed by atoms with Gasteiger partial charge in [0.2, 0.25) is 5.95 Å². The zero-order valence-electron chi connectivity index (χ0n) is 9.49. The minimum atomic E-state index is 0.749. The third kappa shape index (κ3) is 3.55. The number of rotatable bonds is 3. The summed E-state index contributed by atoms with van der Waals surface area (Å²) in [6.07, 6.45) is 6.22. The lowest BCUT2D eigenvalue weighted by molar-refractivity contribution is 0.226. The zero-order valence-corrected chi connectivity index (χ0v) is 11.6. The summed E-state index contributed by atoms with van der Waals surface area (Å²) in [5, 5.41) is 3.31. The number of hydrogen-bond donors (Lipinski definition) is 1. The summed E-state index contributed by atoms with van der Waals surface area (Å²) in [4.78, 5) is 10.9. The predicted molar refractivity (Wildman–Crippen MR) is 73.5 cm³/mol. The van der Waals surface area contributed by atoms with E-state index in [9.17, 15) is 0 Å². The molecule has 1 saturated heterocycles. The largest absolute Gasteiger partial charge is 0.354 e. The van der Waals surface area contributed by atoms with Crippen molar-refractivity contribution in [2.24, 2.45) is 5.92 Å². The molecule has 0 radical (unpaired) electrons. The topological polar surface area (TPSA) is 41.0 Å². The van der Waals surface area contributed by atoms with Crippen molar-refractivity contribution in [1.82, 2.24) is 14.9 Å². The molecular weight excluding hydrogens is 315 g/mol. The lowest BCUT2D eigenvalue weighted by Gasteiger charge is -2.28. The number of nitrogens with zero attached hydrogens (tertiary/aromatic N) is 3. The highest BCUT2D eigenvalue weighted by Gasteiger charge is 2.16. The summed E-state index contributed by atoms with van der Waals surface area (Å²) >= 11 is 2.21. The molecule has 16 heavy (non-hydrogen) atoms. The Morgan fingerprint density at radius 1 is 1.38 bits per heavy atom. The van der Waals surface area contributed by atoms with Gasteiger partial charge in [-0.15, -0.1) is 0 Å². The molecule has 0 saturated carbocycles. The molecule has 1 aromatic heterocycles. The fourth-order valence-corrected chi connectivity index (χ4v) is 2.18. The standard InChI is InChI=1S/C11H17IN4/c1-16-4-2-9(3-5-16)6-13-11-14-7-10(12)8-15-11/h7-9H,2-6H2,1H3,(H,13,14,15). The third-order valence-electron chi connectivity index (χ3n) is 3.01. The summed E-state index contributed by atoms with van der Waals surface area (Å²) in [6, 6.07) is 0. The van der Waals surface area contributed by atoms with E-state index in [1.165, 1.54) is 25.9 Å².